The van der Waals surface area contributed by atoms with E-state index in [1.165, 1.54) is 0 Å². The van der Waals surface area contributed by atoms with Crippen LogP contribution in [0, 0.1) is 13.8 Å². The van der Waals surface area contributed by atoms with Crippen LogP contribution in [-0.2, 0) is 4.74 Å². The van der Waals surface area contributed by atoms with Crippen molar-refractivity contribution in [2.75, 3.05) is 43.0 Å². The van der Waals surface area contributed by atoms with E-state index >= 15 is 0 Å². The monoisotopic (exact) mass is 383 g/mol. The molecule has 0 bridgehead atoms. The Balaban J connectivity index is 1.65. The number of rotatable bonds is 4. The van der Waals surface area contributed by atoms with Crippen LogP contribution < -0.4 is 10.2 Å². The normalized spacial score (nSPS) is 14.0. The van der Waals surface area contributed by atoms with Crippen molar-refractivity contribution in [3.63, 3.8) is 0 Å². The highest BCUT2D eigenvalue weighted by molar-refractivity contribution is 6.03. The molecule has 1 N–H and O–H groups in total. The Bertz CT molecular complexity index is 863. The van der Waals surface area contributed by atoms with Crippen molar-refractivity contribution in [3.05, 3.63) is 47.3 Å². The highest BCUT2D eigenvalue weighted by atomic mass is 16.6. The molecule has 2 aromatic rings. The minimum absolute atomic E-state index is 0.277. The lowest BCUT2D eigenvalue weighted by Gasteiger charge is -2.34. The van der Waals surface area contributed by atoms with Gasteiger partial charge in [-0.05, 0) is 38.5 Å². The zero-order chi connectivity index (χ0) is 20.1. The van der Waals surface area contributed by atoms with Gasteiger partial charge in [0.1, 0.15) is 5.69 Å². The SMILES string of the molecule is CCOC(=O)N1CCN(c2nccc(C(=O)Nc3ccc(C)cc3C)n2)CC1. The number of piperazine rings is 1. The highest BCUT2D eigenvalue weighted by Gasteiger charge is 2.24. The van der Waals surface area contributed by atoms with Crippen molar-refractivity contribution in [1.29, 1.82) is 0 Å². The molecular formula is C20H25N5O3. The van der Waals surface area contributed by atoms with Gasteiger partial charge in [0.15, 0.2) is 0 Å². The number of anilines is 2. The van der Waals surface area contributed by atoms with Gasteiger partial charge in [-0.1, -0.05) is 17.7 Å². The van der Waals surface area contributed by atoms with Gasteiger partial charge in [0.25, 0.3) is 5.91 Å². The van der Waals surface area contributed by atoms with Gasteiger partial charge in [-0.25, -0.2) is 14.8 Å². The molecule has 2 amide bonds. The minimum atomic E-state index is -0.301. The molecule has 0 atom stereocenters. The zero-order valence-electron chi connectivity index (χ0n) is 16.4. The van der Waals surface area contributed by atoms with Crippen LogP contribution in [0.25, 0.3) is 0 Å². The van der Waals surface area contributed by atoms with Crippen molar-refractivity contribution in [1.82, 2.24) is 14.9 Å². The van der Waals surface area contributed by atoms with E-state index in [1.807, 2.05) is 36.9 Å². The summed E-state index contributed by atoms with van der Waals surface area (Å²) in [5, 5.41) is 2.90. The van der Waals surface area contributed by atoms with Crippen LogP contribution in [-0.4, -0.2) is 59.7 Å². The standard InChI is InChI=1S/C20H25N5O3/c1-4-28-20(27)25-11-9-24(10-12-25)19-21-8-7-17(23-19)18(26)22-16-6-5-14(2)13-15(16)3/h5-8,13H,4,9-12H2,1-3H3,(H,22,26). The molecule has 1 aromatic heterocycles. The van der Waals surface area contributed by atoms with Crippen molar-refractivity contribution >= 4 is 23.6 Å². The van der Waals surface area contributed by atoms with Gasteiger partial charge in [0, 0.05) is 38.1 Å². The predicted molar refractivity (Wildman–Crippen MR) is 107 cm³/mol. The summed E-state index contributed by atoms with van der Waals surface area (Å²) < 4.78 is 5.03. The predicted octanol–water partition coefficient (Wildman–Crippen LogP) is 2.62. The lowest BCUT2D eigenvalue weighted by atomic mass is 10.1. The molecule has 28 heavy (non-hydrogen) atoms. The number of benzene rings is 1. The number of aryl methyl sites for hydroxylation is 2. The summed E-state index contributed by atoms with van der Waals surface area (Å²) in [7, 11) is 0. The van der Waals surface area contributed by atoms with E-state index in [4.69, 9.17) is 4.74 Å². The Morgan fingerprint density at radius 3 is 2.57 bits per heavy atom. The topological polar surface area (TPSA) is 87.7 Å². The molecule has 0 saturated carbocycles. The molecule has 0 aliphatic carbocycles. The second-order valence-corrected chi connectivity index (χ2v) is 6.69. The van der Waals surface area contributed by atoms with Gasteiger partial charge in [0.05, 0.1) is 6.61 Å². The molecule has 0 spiro atoms. The number of ether oxygens (including phenoxy) is 1. The third-order valence-corrected chi connectivity index (χ3v) is 4.59. The summed E-state index contributed by atoms with van der Waals surface area (Å²) in [6, 6.07) is 7.46. The number of carbonyl (C=O) groups excluding carboxylic acids is 2. The first kappa shape index (κ1) is 19.6. The van der Waals surface area contributed by atoms with Gasteiger partial charge in [-0.3, -0.25) is 4.79 Å². The molecule has 8 heteroatoms. The molecule has 0 radical (unpaired) electrons. The van der Waals surface area contributed by atoms with E-state index in [1.54, 1.807) is 24.1 Å². The average Bonchev–Trinajstić information content (AvgIpc) is 2.70. The van der Waals surface area contributed by atoms with E-state index in [-0.39, 0.29) is 12.0 Å². The maximum absolute atomic E-state index is 12.6. The zero-order valence-corrected chi connectivity index (χ0v) is 16.4. The molecule has 2 heterocycles. The van der Waals surface area contributed by atoms with Crippen LogP contribution in [0.15, 0.2) is 30.5 Å². The lowest BCUT2D eigenvalue weighted by molar-refractivity contribution is 0.102. The van der Waals surface area contributed by atoms with Crippen LogP contribution >= 0.6 is 0 Å². The van der Waals surface area contributed by atoms with Crippen LogP contribution in [0.5, 0.6) is 0 Å². The highest BCUT2D eigenvalue weighted by Crippen LogP contribution is 2.18. The van der Waals surface area contributed by atoms with Crippen LogP contribution in [0.3, 0.4) is 0 Å². The van der Waals surface area contributed by atoms with Crippen LogP contribution in [0.1, 0.15) is 28.5 Å². The Morgan fingerprint density at radius 1 is 1.14 bits per heavy atom. The number of carbonyl (C=O) groups is 2. The van der Waals surface area contributed by atoms with E-state index in [9.17, 15) is 9.59 Å². The van der Waals surface area contributed by atoms with Gasteiger partial charge >= 0.3 is 6.09 Å². The molecule has 1 aromatic carbocycles. The molecule has 1 aliphatic rings. The summed E-state index contributed by atoms with van der Waals surface area (Å²) in [4.78, 5) is 36.7. The lowest BCUT2D eigenvalue weighted by Crippen LogP contribution is -2.49. The number of hydrogen-bond donors (Lipinski definition) is 1. The molecule has 8 nitrogen and oxygen atoms in total. The number of nitrogens with zero attached hydrogens (tertiary/aromatic N) is 4. The van der Waals surface area contributed by atoms with E-state index < -0.39 is 0 Å². The molecule has 0 unspecified atom stereocenters. The van der Waals surface area contributed by atoms with Crippen molar-refractivity contribution in [2.24, 2.45) is 0 Å². The summed E-state index contributed by atoms with van der Waals surface area (Å²) in [5.74, 6) is 0.206. The molecule has 1 aliphatic heterocycles. The van der Waals surface area contributed by atoms with Crippen LogP contribution in [0.2, 0.25) is 0 Å². The van der Waals surface area contributed by atoms with Crippen molar-refractivity contribution in [2.45, 2.75) is 20.8 Å². The number of aromatic nitrogens is 2. The fourth-order valence-corrected chi connectivity index (χ4v) is 3.07. The Morgan fingerprint density at radius 2 is 1.89 bits per heavy atom. The maximum Gasteiger partial charge on any atom is 0.409 e. The van der Waals surface area contributed by atoms with E-state index in [0.717, 1.165) is 16.8 Å². The summed E-state index contributed by atoms with van der Waals surface area (Å²) >= 11 is 0. The summed E-state index contributed by atoms with van der Waals surface area (Å²) in [6.07, 6.45) is 1.28. The smallest absolute Gasteiger partial charge is 0.409 e. The fourth-order valence-electron chi connectivity index (χ4n) is 3.07. The largest absolute Gasteiger partial charge is 0.450 e. The fraction of sp³-hybridized carbons (Fsp3) is 0.400. The minimum Gasteiger partial charge on any atom is -0.450 e. The van der Waals surface area contributed by atoms with Gasteiger partial charge in [0.2, 0.25) is 5.95 Å². The second kappa shape index (κ2) is 8.69. The third kappa shape index (κ3) is 4.57. The molecular weight excluding hydrogens is 358 g/mol. The van der Waals surface area contributed by atoms with Crippen molar-refractivity contribution in [3.8, 4) is 0 Å². The van der Waals surface area contributed by atoms with Crippen molar-refractivity contribution < 1.29 is 14.3 Å². The molecule has 1 fully saturated rings. The summed E-state index contributed by atoms with van der Waals surface area (Å²) in [5.41, 5.74) is 3.20. The molecule has 3 rings (SSSR count). The maximum atomic E-state index is 12.6. The van der Waals surface area contributed by atoms with Gasteiger partial charge in [-0.15, -0.1) is 0 Å². The Hall–Kier alpha value is -3.16. The number of amides is 2. The number of nitrogens with one attached hydrogen (secondary N) is 1. The third-order valence-electron chi connectivity index (χ3n) is 4.59. The van der Waals surface area contributed by atoms with Crippen LogP contribution in [0.4, 0.5) is 16.4 Å². The van der Waals surface area contributed by atoms with Gasteiger partial charge < -0.3 is 19.9 Å². The van der Waals surface area contributed by atoms with E-state index in [2.05, 4.69) is 15.3 Å². The quantitative estimate of drug-likeness (QED) is 0.873. The Labute approximate surface area is 164 Å². The first-order chi connectivity index (χ1) is 13.5. The average molecular weight is 383 g/mol. The Kier molecular flexibility index (Phi) is 6.08. The number of hydrogen-bond acceptors (Lipinski definition) is 6. The molecule has 1 saturated heterocycles. The van der Waals surface area contributed by atoms with E-state index in [0.29, 0.717) is 44.4 Å². The second-order valence-electron chi connectivity index (χ2n) is 6.69. The first-order valence-electron chi connectivity index (χ1n) is 9.36. The van der Waals surface area contributed by atoms with Gasteiger partial charge in [-0.2, -0.15) is 0 Å². The molecule has 148 valence electrons. The summed E-state index contributed by atoms with van der Waals surface area (Å²) in [6.45, 7) is 8.34. The first-order valence-corrected chi connectivity index (χ1v) is 9.36.